The Morgan fingerprint density at radius 1 is 1.00 bits per heavy atom. The Morgan fingerprint density at radius 3 is 2.11 bits per heavy atom. The van der Waals surface area contributed by atoms with Gasteiger partial charge in [-0.3, -0.25) is 4.79 Å². The third-order valence-electron chi connectivity index (χ3n) is 3.75. The number of rotatable bonds is 8. The van der Waals surface area contributed by atoms with Crippen molar-refractivity contribution >= 4 is 31.6 Å². The fraction of sp³-hybridized carbons (Fsp3) is 0.235. The maximum absolute atomic E-state index is 12.2. The lowest BCUT2D eigenvalue weighted by Gasteiger charge is -2.19. The van der Waals surface area contributed by atoms with E-state index in [9.17, 15) is 21.6 Å². The summed E-state index contributed by atoms with van der Waals surface area (Å²) >= 11 is 0. The van der Waals surface area contributed by atoms with Crippen LogP contribution in [0.15, 0.2) is 59.5 Å². The number of primary sulfonamides is 1. The van der Waals surface area contributed by atoms with Crippen LogP contribution in [0.4, 0.5) is 5.69 Å². The van der Waals surface area contributed by atoms with E-state index >= 15 is 0 Å². The van der Waals surface area contributed by atoms with Crippen molar-refractivity contribution in [2.45, 2.75) is 11.3 Å². The third-order valence-corrected chi connectivity index (χ3v) is 5.93. The molecule has 0 bridgehead atoms. The number of nitrogens with zero attached hydrogens (tertiary/aromatic N) is 1. The summed E-state index contributed by atoms with van der Waals surface area (Å²) in [5.41, 5.74) is 1.30. The fourth-order valence-corrected chi connectivity index (χ4v) is 3.64. The minimum atomic E-state index is -3.82. The number of carbonyl (C=O) groups is 1. The smallest absolute Gasteiger partial charge is 0.239 e. The minimum Gasteiger partial charge on any atom is -0.325 e. The first-order valence-electron chi connectivity index (χ1n) is 7.97. The maximum atomic E-state index is 12.2. The molecule has 2 aromatic carbocycles. The van der Waals surface area contributed by atoms with E-state index in [1.807, 2.05) is 30.3 Å². The van der Waals surface area contributed by atoms with Crippen molar-refractivity contribution in [2.24, 2.45) is 5.14 Å². The van der Waals surface area contributed by atoms with E-state index < -0.39 is 26.0 Å². The molecule has 0 aromatic heterocycles. The van der Waals surface area contributed by atoms with E-state index in [-0.39, 0.29) is 18.0 Å². The van der Waals surface area contributed by atoms with Crippen LogP contribution in [0.25, 0.3) is 0 Å². The molecule has 27 heavy (non-hydrogen) atoms. The monoisotopic (exact) mass is 411 g/mol. The standard InChI is InChI=1S/C17H21N3O5S2/c1-26(22,23)20(12-11-14-5-3-2-4-6-14)13-17(21)19-15-7-9-16(10-8-15)27(18,24)25/h2-10H,11-13H2,1H3,(H,19,21)(H2,18,24,25). The normalized spacial score (nSPS) is 12.1. The Kier molecular flexibility index (Phi) is 6.71. The van der Waals surface area contributed by atoms with Crippen LogP contribution in [0, 0.1) is 0 Å². The Bertz CT molecular complexity index is 989. The molecule has 10 heteroatoms. The second-order valence-electron chi connectivity index (χ2n) is 5.95. The van der Waals surface area contributed by atoms with Crippen molar-refractivity contribution in [1.29, 1.82) is 0 Å². The summed E-state index contributed by atoms with van der Waals surface area (Å²) < 4.78 is 47.5. The van der Waals surface area contributed by atoms with E-state index in [0.29, 0.717) is 12.1 Å². The SMILES string of the molecule is CS(=O)(=O)N(CCc1ccccc1)CC(=O)Nc1ccc(S(N)(=O)=O)cc1. The third kappa shape index (κ3) is 6.75. The van der Waals surface area contributed by atoms with E-state index in [1.165, 1.54) is 24.3 Å². The molecule has 0 aliphatic heterocycles. The zero-order valence-electron chi connectivity index (χ0n) is 14.7. The van der Waals surface area contributed by atoms with Crippen molar-refractivity contribution < 1.29 is 21.6 Å². The van der Waals surface area contributed by atoms with Crippen LogP contribution in [0.1, 0.15) is 5.56 Å². The first kappa shape index (κ1) is 21.0. The number of nitrogens with one attached hydrogen (secondary N) is 1. The summed E-state index contributed by atoms with van der Waals surface area (Å²) in [7, 11) is -7.39. The predicted molar refractivity (Wildman–Crippen MR) is 103 cm³/mol. The lowest BCUT2D eigenvalue weighted by Crippen LogP contribution is -2.38. The van der Waals surface area contributed by atoms with Gasteiger partial charge in [0.1, 0.15) is 0 Å². The highest BCUT2D eigenvalue weighted by atomic mass is 32.2. The van der Waals surface area contributed by atoms with E-state index in [2.05, 4.69) is 5.32 Å². The number of anilines is 1. The Balaban J connectivity index is 2.01. The van der Waals surface area contributed by atoms with Crippen molar-refractivity contribution in [1.82, 2.24) is 4.31 Å². The number of amides is 1. The van der Waals surface area contributed by atoms with Gasteiger partial charge in [-0.15, -0.1) is 0 Å². The molecule has 0 heterocycles. The lowest BCUT2D eigenvalue weighted by molar-refractivity contribution is -0.116. The maximum Gasteiger partial charge on any atom is 0.239 e. The van der Waals surface area contributed by atoms with Gasteiger partial charge in [-0.05, 0) is 36.2 Å². The zero-order valence-corrected chi connectivity index (χ0v) is 16.3. The van der Waals surface area contributed by atoms with Gasteiger partial charge in [0, 0.05) is 12.2 Å². The molecule has 2 rings (SSSR count). The fourth-order valence-electron chi connectivity index (χ4n) is 2.35. The zero-order chi connectivity index (χ0) is 20.1. The predicted octanol–water partition coefficient (Wildman–Crippen LogP) is 0.777. The molecule has 8 nitrogen and oxygen atoms in total. The summed E-state index contributed by atoms with van der Waals surface area (Å²) in [6, 6.07) is 14.6. The van der Waals surface area contributed by atoms with Crippen molar-refractivity contribution in [3.63, 3.8) is 0 Å². The summed E-state index contributed by atoms with van der Waals surface area (Å²) in [5.74, 6) is -0.531. The van der Waals surface area contributed by atoms with Crippen LogP contribution >= 0.6 is 0 Å². The lowest BCUT2D eigenvalue weighted by atomic mass is 10.1. The molecule has 0 spiro atoms. The van der Waals surface area contributed by atoms with Gasteiger partial charge in [-0.1, -0.05) is 30.3 Å². The quantitative estimate of drug-likeness (QED) is 0.664. The van der Waals surface area contributed by atoms with Crippen LogP contribution in [0.3, 0.4) is 0 Å². The average molecular weight is 412 g/mol. The molecular formula is C17H21N3O5S2. The topological polar surface area (TPSA) is 127 Å². The first-order valence-corrected chi connectivity index (χ1v) is 11.4. The van der Waals surface area contributed by atoms with Gasteiger partial charge in [-0.25, -0.2) is 22.0 Å². The number of benzene rings is 2. The average Bonchev–Trinajstić information content (AvgIpc) is 2.58. The molecule has 0 unspecified atom stereocenters. The van der Waals surface area contributed by atoms with Gasteiger partial charge in [0.2, 0.25) is 26.0 Å². The summed E-state index contributed by atoms with van der Waals surface area (Å²) in [4.78, 5) is 12.1. The largest absolute Gasteiger partial charge is 0.325 e. The second kappa shape index (κ2) is 8.61. The van der Waals surface area contributed by atoms with Crippen LogP contribution in [-0.2, 0) is 31.3 Å². The molecule has 1 amide bonds. The van der Waals surface area contributed by atoms with Crippen LogP contribution in [-0.4, -0.2) is 46.4 Å². The Labute approximate surface area is 159 Å². The van der Waals surface area contributed by atoms with Crippen molar-refractivity contribution in [2.75, 3.05) is 24.7 Å². The Hall–Kier alpha value is -2.27. The molecule has 0 aliphatic carbocycles. The highest BCUT2D eigenvalue weighted by molar-refractivity contribution is 7.89. The second-order valence-corrected chi connectivity index (χ2v) is 9.49. The highest BCUT2D eigenvalue weighted by Gasteiger charge is 2.20. The van der Waals surface area contributed by atoms with Gasteiger partial charge in [0.25, 0.3) is 0 Å². The minimum absolute atomic E-state index is 0.0823. The van der Waals surface area contributed by atoms with E-state index in [1.54, 1.807) is 0 Å². The highest BCUT2D eigenvalue weighted by Crippen LogP contribution is 2.13. The first-order chi connectivity index (χ1) is 12.6. The van der Waals surface area contributed by atoms with Crippen LogP contribution in [0.2, 0.25) is 0 Å². The molecule has 0 fully saturated rings. The van der Waals surface area contributed by atoms with E-state index in [4.69, 9.17) is 5.14 Å². The number of hydrogen-bond donors (Lipinski definition) is 2. The molecule has 3 N–H and O–H groups in total. The summed E-state index contributed by atoms with van der Waals surface area (Å²) in [6.45, 7) is -0.177. The number of nitrogens with two attached hydrogens (primary N) is 1. The molecule has 0 radical (unpaired) electrons. The molecule has 2 aromatic rings. The molecule has 0 atom stereocenters. The van der Waals surface area contributed by atoms with Crippen LogP contribution in [0.5, 0.6) is 0 Å². The molecule has 0 saturated carbocycles. The van der Waals surface area contributed by atoms with Gasteiger partial charge in [0.15, 0.2) is 0 Å². The van der Waals surface area contributed by atoms with Gasteiger partial charge >= 0.3 is 0 Å². The van der Waals surface area contributed by atoms with Crippen molar-refractivity contribution in [3.8, 4) is 0 Å². The Morgan fingerprint density at radius 2 is 1.59 bits per heavy atom. The summed E-state index contributed by atoms with van der Waals surface area (Å²) in [5, 5.41) is 7.56. The number of hydrogen-bond acceptors (Lipinski definition) is 5. The van der Waals surface area contributed by atoms with Gasteiger partial charge < -0.3 is 5.32 Å². The van der Waals surface area contributed by atoms with Gasteiger partial charge in [0.05, 0.1) is 17.7 Å². The number of sulfonamides is 2. The number of carbonyl (C=O) groups excluding carboxylic acids is 1. The van der Waals surface area contributed by atoms with Gasteiger partial charge in [-0.2, -0.15) is 4.31 Å². The van der Waals surface area contributed by atoms with Crippen molar-refractivity contribution in [3.05, 3.63) is 60.2 Å². The van der Waals surface area contributed by atoms with Crippen LogP contribution < -0.4 is 10.5 Å². The molecule has 0 aliphatic rings. The van der Waals surface area contributed by atoms with E-state index in [0.717, 1.165) is 16.1 Å². The molecular weight excluding hydrogens is 390 g/mol. The molecule has 0 saturated heterocycles. The molecule has 146 valence electrons. The summed E-state index contributed by atoms with van der Waals surface area (Å²) in [6.07, 6.45) is 1.52.